The Morgan fingerprint density at radius 2 is 2.43 bits per heavy atom. The minimum Gasteiger partial charge on any atom is -0.392 e. The van der Waals surface area contributed by atoms with Gasteiger partial charge in [0, 0.05) is 11.8 Å². The van der Waals surface area contributed by atoms with Crippen molar-refractivity contribution < 1.29 is 5.11 Å². The number of nitrogens with zero attached hydrogens (tertiary/aromatic N) is 3. The first kappa shape index (κ1) is 8.83. The van der Waals surface area contributed by atoms with E-state index in [1.807, 2.05) is 0 Å². The molecule has 0 aliphatic carbocycles. The molecule has 0 bridgehead atoms. The Hall–Kier alpha value is -1.75. The van der Waals surface area contributed by atoms with Crippen LogP contribution in [0.3, 0.4) is 0 Å². The number of rotatable bonds is 2. The number of hydrogen-bond acceptors (Lipinski definition) is 4. The number of pyridine rings is 1. The molecule has 0 saturated heterocycles. The highest BCUT2D eigenvalue weighted by Crippen LogP contribution is 2.22. The molecule has 1 N–H and O–H groups in total. The normalized spacial score (nSPS) is 10.7. The molecule has 0 atom stereocenters. The van der Waals surface area contributed by atoms with E-state index >= 15 is 0 Å². The second kappa shape index (κ2) is 3.19. The van der Waals surface area contributed by atoms with Gasteiger partial charge in [-0.1, -0.05) is 6.07 Å². The second-order valence-electron chi connectivity index (χ2n) is 3.00. The van der Waals surface area contributed by atoms with E-state index < -0.39 is 0 Å². The summed E-state index contributed by atoms with van der Waals surface area (Å²) >= 11 is 0. The Kier molecular flexibility index (Phi) is 2.01. The van der Waals surface area contributed by atoms with Crippen molar-refractivity contribution in [3.63, 3.8) is 0 Å². The van der Waals surface area contributed by atoms with Crippen molar-refractivity contribution in [3.8, 4) is 0 Å². The quantitative estimate of drug-likeness (QED) is 0.732. The molecule has 0 aliphatic rings. The van der Waals surface area contributed by atoms with Crippen molar-refractivity contribution in [3.05, 3.63) is 34.5 Å². The van der Waals surface area contributed by atoms with Gasteiger partial charge in [-0.15, -0.1) is 4.91 Å². The summed E-state index contributed by atoms with van der Waals surface area (Å²) < 4.78 is 1.58. The van der Waals surface area contributed by atoms with E-state index in [1.54, 1.807) is 29.7 Å². The SMILES string of the molecule is Cc1nc2c(CO)cccn2c1N=O. The Morgan fingerprint density at radius 1 is 1.64 bits per heavy atom. The third-order valence-electron chi connectivity index (χ3n) is 2.13. The molecule has 0 amide bonds. The lowest BCUT2D eigenvalue weighted by Gasteiger charge is -1.98. The van der Waals surface area contributed by atoms with Gasteiger partial charge in [0.25, 0.3) is 0 Å². The maximum Gasteiger partial charge on any atom is 0.204 e. The van der Waals surface area contributed by atoms with E-state index in [9.17, 15) is 4.91 Å². The highest BCUT2D eigenvalue weighted by molar-refractivity contribution is 5.56. The molecule has 2 aromatic rings. The maximum atomic E-state index is 10.5. The standard InChI is InChI=1S/C9H9N3O2/c1-6-8(11-14)12-4-2-3-7(5-13)9(12)10-6/h2-4,13H,5H2,1H3. The zero-order valence-corrected chi connectivity index (χ0v) is 7.64. The molecule has 14 heavy (non-hydrogen) atoms. The van der Waals surface area contributed by atoms with Crippen LogP contribution in [0.15, 0.2) is 23.5 Å². The van der Waals surface area contributed by atoms with Crippen LogP contribution in [0.4, 0.5) is 5.82 Å². The van der Waals surface area contributed by atoms with Gasteiger partial charge >= 0.3 is 0 Å². The van der Waals surface area contributed by atoms with Crippen molar-refractivity contribution in [2.45, 2.75) is 13.5 Å². The average molecular weight is 191 g/mol. The largest absolute Gasteiger partial charge is 0.392 e. The number of imidazole rings is 1. The number of fused-ring (bicyclic) bond motifs is 1. The van der Waals surface area contributed by atoms with Crippen molar-refractivity contribution >= 4 is 11.5 Å². The summed E-state index contributed by atoms with van der Waals surface area (Å²) in [6.45, 7) is 1.62. The molecule has 5 heteroatoms. The van der Waals surface area contributed by atoms with Gasteiger partial charge in [0.1, 0.15) is 5.65 Å². The molecule has 5 nitrogen and oxygen atoms in total. The first-order valence-electron chi connectivity index (χ1n) is 4.18. The Morgan fingerprint density at radius 3 is 3.07 bits per heavy atom. The fraction of sp³-hybridized carbons (Fsp3) is 0.222. The van der Waals surface area contributed by atoms with Crippen molar-refractivity contribution in [2.24, 2.45) is 5.18 Å². The van der Waals surface area contributed by atoms with Gasteiger partial charge in [0.2, 0.25) is 5.82 Å². The van der Waals surface area contributed by atoms with Crippen LogP contribution in [-0.4, -0.2) is 14.5 Å². The summed E-state index contributed by atoms with van der Waals surface area (Å²) in [4.78, 5) is 14.7. The van der Waals surface area contributed by atoms with Gasteiger partial charge < -0.3 is 5.11 Å². The lowest BCUT2D eigenvalue weighted by atomic mass is 10.3. The predicted molar refractivity (Wildman–Crippen MR) is 51.3 cm³/mol. The number of nitroso groups, excluding NO2 is 1. The van der Waals surface area contributed by atoms with Gasteiger partial charge in [-0.25, -0.2) is 4.98 Å². The van der Waals surface area contributed by atoms with Gasteiger partial charge in [0.15, 0.2) is 0 Å². The van der Waals surface area contributed by atoms with E-state index in [-0.39, 0.29) is 12.4 Å². The summed E-state index contributed by atoms with van der Waals surface area (Å²) in [5.41, 5.74) is 1.84. The zero-order valence-electron chi connectivity index (χ0n) is 7.64. The maximum absolute atomic E-state index is 10.5. The number of hydrogen-bond donors (Lipinski definition) is 1. The minimum atomic E-state index is -0.0981. The molecule has 2 rings (SSSR count). The van der Waals surface area contributed by atoms with Crippen LogP contribution in [-0.2, 0) is 6.61 Å². The summed E-state index contributed by atoms with van der Waals surface area (Å²) in [5, 5.41) is 11.9. The third kappa shape index (κ3) is 1.10. The number of aromatic nitrogens is 2. The second-order valence-corrected chi connectivity index (χ2v) is 3.00. The Labute approximate surface area is 80.0 Å². The van der Waals surface area contributed by atoms with E-state index in [2.05, 4.69) is 10.2 Å². The van der Waals surface area contributed by atoms with Crippen LogP contribution < -0.4 is 0 Å². The van der Waals surface area contributed by atoms with Crippen molar-refractivity contribution in [1.29, 1.82) is 0 Å². The average Bonchev–Trinajstić information content (AvgIpc) is 2.52. The molecule has 72 valence electrons. The van der Waals surface area contributed by atoms with Gasteiger partial charge in [0.05, 0.1) is 12.3 Å². The van der Waals surface area contributed by atoms with Crippen LogP contribution in [0, 0.1) is 11.8 Å². The van der Waals surface area contributed by atoms with Crippen LogP contribution in [0.2, 0.25) is 0 Å². The van der Waals surface area contributed by atoms with Crippen LogP contribution >= 0.6 is 0 Å². The summed E-state index contributed by atoms with van der Waals surface area (Å²) in [6.07, 6.45) is 1.70. The summed E-state index contributed by atoms with van der Waals surface area (Å²) in [5.74, 6) is 0.287. The number of aryl methyl sites for hydroxylation is 1. The smallest absolute Gasteiger partial charge is 0.204 e. The molecular weight excluding hydrogens is 182 g/mol. The minimum absolute atomic E-state index is 0.0981. The number of aliphatic hydroxyl groups is 1. The Bertz CT molecular complexity index is 490. The lowest BCUT2D eigenvalue weighted by molar-refractivity contribution is 0.282. The topological polar surface area (TPSA) is 67.0 Å². The van der Waals surface area contributed by atoms with Crippen molar-refractivity contribution in [1.82, 2.24) is 9.38 Å². The number of aliphatic hydroxyl groups excluding tert-OH is 1. The van der Waals surface area contributed by atoms with E-state index in [4.69, 9.17) is 5.11 Å². The van der Waals surface area contributed by atoms with Crippen LogP contribution in [0.5, 0.6) is 0 Å². The van der Waals surface area contributed by atoms with E-state index in [0.29, 0.717) is 16.9 Å². The van der Waals surface area contributed by atoms with Crippen LogP contribution in [0.25, 0.3) is 5.65 Å². The monoisotopic (exact) mass is 191 g/mol. The summed E-state index contributed by atoms with van der Waals surface area (Å²) in [7, 11) is 0. The highest BCUT2D eigenvalue weighted by Gasteiger charge is 2.10. The molecule has 0 aliphatic heterocycles. The highest BCUT2D eigenvalue weighted by atomic mass is 16.3. The predicted octanol–water partition coefficient (Wildman–Crippen LogP) is 1.53. The molecule has 0 saturated carbocycles. The summed E-state index contributed by atoms with van der Waals surface area (Å²) in [6, 6.07) is 3.50. The fourth-order valence-corrected chi connectivity index (χ4v) is 1.46. The molecule has 0 spiro atoms. The van der Waals surface area contributed by atoms with E-state index in [1.165, 1.54) is 0 Å². The molecule has 0 radical (unpaired) electrons. The van der Waals surface area contributed by atoms with E-state index in [0.717, 1.165) is 0 Å². The molecule has 0 fully saturated rings. The molecular formula is C9H9N3O2. The first-order valence-corrected chi connectivity index (χ1v) is 4.18. The van der Waals surface area contributed by atoms with Gasteiger partial charge in [-0.05, 0) is 18.2 Å². The van der Waals surface area contributed by atoms with Crippen LogP contribution in [0.1, 0.15) is 11.3 Å². The molecule has 0 unspecified atom stereocenters. The molecule has 2 aromatic heterocycles. The zero-order chi connectivity index (χ0) is 10.1. The first-order chi connectivity index (χ1) is 6.77. The Balaban J connectivity index is 2.85. The molecule has 0 aromatic carbocycles. The van der Waals surface area contributed by atoms with Gasteiger partial charge in [-0.3, -0.25) is 4.40 Å². The van der Waals surface area contributed by atoms with Gasteiger partial charge in [-0.2, -0.15) is 0 Å². The third-order valence-corrected chi connectivity index (χ3v) is 2.13. The lowest BCUT2D eigenvalue weighted by Crippen LogP contribution is -1.90. The van der Waals surface area contributed by atoms with Crippen molar-refractivity contribution in [2.75, 3.05) is 0 Å². The molecule has 2 heterocycles. The fourth-order valence-electron chi connectivity index (χ4n) is 1.46.